The molecular weight excluding hydrogens is 198 g/mol. The highest BCUT2D eigenvalue weighted by Gasteiger charge is 2.15. The summed E-state index contributed by atoms with van der Waals surface area (Å²) < 4.78 is 10.2. The number of hydrogen-bond acceptors (Lipinski definition) is 4. The summed E-state index contributed by atoms with van der Waals surface area (Å²) in [5.74, 6) is -0.442. The van der Waals surface area contributed by atoms with Gasteiger partial charge in [-0.3, -0.25) is 0 Å². The number of benzene rings is 1. The molecule has 1 rings (SSSR count). The Morgan fingerprint density at radius 1 is 1.53 bits per heavy atom. The van der Waals surface area contributed by atoms with Crippen LogP contribution in [0, 0.1) is 0 Å². The normalized spacial score (nSPS) is 9.73. The van der Waals surface area contributed by atoms with Crippen LogP contribution in [0.4, 0.5) is 0 Å². The fraction of sp³-hybridized carbons (Fsp3) is 0.300. The Kier molecular flexibility index (Phi) is 3.93. The van der Waals surface area contributed by atoms with Gasteiger partial charge in [0.1, 0.15) is 12.2 Å². The maximum Gasteiger partial charge on any atom is 0.339 e. The standard InChI is InChI=1S/C10H13NO4/c1-14-8-4-2-3-7(10(12)13)9(8)15-6-5-11/h2-4H,5-6,11H2,1H3,(H,12,13). The minimum Gasteiger partial charge on any atom is -0.493 e. The number of carboxylic acids is 1. The van der Waals surface area contributed by atoms with E-state index in [-0.39, 0.29) is 17.9 Å². The van der Waals surface area contributed by atoms with Gasteiger partial charge in [0.05, 0.1) is 7.11 Å². The SMILES string of the molecule is COc1cccc(C(=O)O)c1OCCN. The monoisotopic (exact) mass is 211 g/mol. The first-order valence-corrected chi connectivity index (χ1v) is 4.44. The molecule has 0 unspecified atom stereocenters. The Balaban J connectivity index is 3.08. The zero-order valence-corrected chi connectivity index (χ0v) is 8.40. The third-order valence-corrected chi connectivity index (χ3v) is 1.79. The second kappa shape index (κ2) is 5.21. The maximum absolute atomic E-state index is 10.9. The highest BCUT2D eigenvalue weighted by molar-refractivity contribution is 5.92. The molecule has 0 saturated carbocycles. The topological polar surface area (TPSA) is 81.8 Å². The Morgan fingerprint density at radius 2 is 2.27 bits per heavy atom. The number of rotatable bonds is 5. The van der Waals surface area contributed by atoms with Crippen molar-refractivity contribution in [2.45, 2.75) is 0 Å². The second-order valence-corrected chi connectivity index (χ2v) is 2.78. The van der Waals surface area contributed by atoms with Crippen molar-refractivity contribution >= 4 is 5.97 Å². The van der Waals surface area contributed by atoms with E-state index in [1.165, 1.54) is 13.2 Å². The van der Waals surface area contributed by atoms with Crippen LogP contribution in [-0.2, 0) is 0 Å². The molecule has 3 N–H and O–H groups in total. The molecule has 0 aliphatic rings. The van der Waals surface area contributed by atoms with Crippen molar-refractivity contribution in [3.05, 3.63) is 23.8 Å². The molecule has 5 nitrogen and oxygen atoms in total. The molecule has 0 bridgehead atoms. The van der Waals surface area contributed by atoms with E-state index in [1.54, 1.807) is 12.1 Å². The summed E-state index contributed by atoms with van der Waals surface area (Å²) in [7, 11) is 1.45. The van der Waals surface area contributed by atoms with Gasteiger partial charge in [0.25, 0.3) is 0 Å². The largest absolute Gasteiger partial charge is 0.493 e. The molecule has 0 heterocycles. The maximum atomic E-state index is 10.9. The van der Waals surface area contributed by atoms with Crippen LogP contribution in [0.3, 0.4) is 0 Å². The van der Waals surface area contributed by atoms with Gasteiger partial charge in [-0.25, -0.2) is 4.79 Å². The summed E-state index contributed by atoms with van der Waals surface area (Å²) in [6.45, 7) is 0.567. The minimum absolute atomic E-state index is 0.0720. The van der Waals surface area contributed by atoms with Crippen molar-refractivity contribution in [2.24, 2.45) is 5.73 Å². The van der Waals surface area contributed by atoms with Crippen LogP contribution in [-0.4, -0.2) is 31.3 Å². The highest BCUT2D eigenvalue weighted by Crippen LogP contribution is 2.30. The average molecular weight is 211 g/mol. The van der Waals surface area contributed by atoms with Crippen LogP contribution in [0.25, 0.3) is 0 Å². The zero-order chi connectivity index (χ0) is 11.3. The fourth-order valence-electron chi connectivity index (χ4n) is 1.15. The van der Waals surface area contributed by atoms with Crippen LogP contribution >= 0.6 is 0 Å². The molecule has 0 aromatic heterocycles. The van der Waals surface area contributed by atoms with E-state index in [9.17, 15) is 4.79 Å². The van der Waals surface area contributed by atoms with Gasteiger partial charge in [0.2, 0.25) is 0 Å². The molecule has 5 heteroatoms. The van der Waals surface area contributed by atoms with Gasteiger partial charge in [0, 0.05) is 6.54 Å². The van der Waals surface area contributed by atoms with E-state index in [2.05, 4.69) is 0 Å². The van der Waals surface area contributed by atoms with Gasteiger partial charge in [-0.2, -0.15) is 0 Å². The molecule has 0 spiro atoms. The third kappa shape index (κ3) is 2.60. The minimum atomic E-state index is -1.05. The van der Waals surface area contributed by atoms with Crippen molar-refractivity contribution in [3.8, 4) is 11.5 Å². The van der Waals surface area contributed by atoms with Crippen LogP contribution in [0.2, 0.25) is 0 Å². The van der Waals surface area contributed by atoms with Gasteiger partial charge >= 0.3 is 5.97 Å². The lowest BCUT2D eigenvalue weighted by Gasteiger charge is -2.11. The molecule has 0 radical (unpaired) electrons. The van der Waals surface area contributed by atoms with Crippen molar-refractivity contribution < 1.29 is 19.4 Å². The van der Waals surface area contributed by atoms with Crippen LogP contribution in [0.15, 0.2) is 18.2 Å². The van der Waals surface area contributed by atoms with Crippen molar-refractivity contribution in [1.82, 2.24) is 0 Å². The number of hydrogen-bond donors (Lipinski definition) is 2. The Hall–Kier alpha value is -1.75. The van der Waals surface area contributed by atoms with Gasteiger partial charge in [-0.05, 0) is 12.1 Å². The summed E-state index contributed by atoms with van der Waals surface area (Å²) in [5.41, 5.74) is 5.35. The van der Waals surface area contributed by atoms with Crippen LogP contribution in [0.5, 0.6) is 11.5 Å². The summed E-state index contributed by atoms with van der Waals surface area (Å²) in [6, 6.07) is 4.69. The Labute approximate surface area is 87.4 Å². The fourth-order valence-corrected chi connectivity index (χ4v) is 1.15. The number of ether oxygens (including phenoxy) is 2. The number of methoxy groups -OCH3 is 1. The number of aromatic carboxylic acids is 1. The molecule has 0 saturated heterocycles. The van der Waals surface area contributed by atoms with E-state index >= 15 is 0 Å². The lowest BCUT2D eigenvalue weighted by molar-refractivity contribution is 0.0691. The predicted octanol–water partition coefficient (Wildman–Crippen LogP) is 0.731. The highest BCUT2D eigenvalue weighted by atomic mass is 16.5. The van der Waals surface area contributed by atoms with Gasteiger partial charge < -0.3 is 20.3 Å². The summed E-state index contributed by atoms with van der Waals surface area (Å²) in [4.78, 5) is 10.9. The van der Waals surface area contributed by atoms with Crippen molar-refractivity contribution in [1.29, 1.82) is 0 Å². The van der Waals surface area contributed by atoms with Gasteiger partial charge in [-0.1, -0.05) is 6.07 Å². The first-order valence-electron chi connectivity index (χ1n) is 4.44. The number of carbonyl (C=O) groups is 1. The van der Waals surface area contributed by atoms with Crippen LogP contribution < -0.4 is 15.2 Å². The molecule has 1 aromatic carbocycles. The summed E-state index contributed by atoms with van der Waals surface area (Å²) in [6.07, 6.45) is 0. The van der Waals surface area contributed by atoms with Gasteiger partial charge in [0.15, 0.2) is 11.5 Å². The Bertz CT molecular complexity index is 351. The molecule has 0 aliphatic carbocycles. The van der Waals surface area contributed by atoms with Crippen molar-refractivity contribution in [2.75, 3.05) is 20.3 Å². The molecule has 1 aromatic rings. The van der Waals surface area contributed by atoms with E-state index in [1.807, 2.05) is 0 Å². The third-order valence-electron chi connectivity index (χ3n) is 1.79. The molecule has 0 fully saturated rings. The molecular formula is C10H13NO4. The van der Waals surface area contributed by atoms with E-state index < -0.39 is 5.97 Å². The first-order chi connectivity index (χ1) is 7.20. The molecule has 0 atom stereocenters. The van der Waals surface area contributed by atoms with Crippen LogP contribution in [0.1, 0.15) is 10.4 Å². The Morgan fingerprint density at radius 3 is 2.80 bits per heavy atom. The second-order valence-electron chi connectivity index (χ2n) is 2.78. The predicted molar refractivity (Wildman–Crippen MR) is 54.5 cm³/mol. The van der Waals surface area contributed by atoms with Crippen molar-refractivity contribution in [3.63, 3.8) is 0 Å². The average Bonchev–Trinajstić information content (AvgIpc) is 2.25. The summed E-state index contributed by atoms with van der Waals surface area (Å²) >= 11 is 0. The van der Waals surface area contributed by atoms with E-state index in [0.717, 1.165) is 0 Å². The number of para-hydroxylation sites is 1. The zero-order valence-electron chi connectivity index (χ0n) is 8.40. The first kappa shape index (κ1) is 11.3. The lowest BCUT2D eigenvalue weighted by Crippen LogP contribution is -2.13. The number of carboxylic acid groups (broad SMARTS) is 1. The molecule has 0 amide bonds. The summed E-state index contributed by atoms with van der Waals surface area (Å²) in [5, 5.41) is 8.92. The smallest absolute Gasteiger partial charge is 0.339 e. The van der Waals surface area contributed by atoms with E-state index in [0.29, 0.717) is 12.3 Å². The number of nitrogens with two attached hydrogens (primary N) is 1. The lowest BCUT2D eigenvalue weighted by atomic mass is 10.2. The van der Waals surface area contributed by atoms with Gasteiger partial charge in [-0.15, -0.1) is 0 Å². The molecule has 0 aliphatic heterocycles. The van der Waals surface area contributed by atoms with E-state index in [4.69, 9.17) is 20.3 Å². The molecule has 15 heavy (non-hydrogen) atoms. The molecule has 82 valence electrons. The quantitative estimate of drug-likeness (QED) is 0.750.